The highest BCUT2D eigenvalue weighted by Gasteiger charge is 2.21. The Morgan fingerprint density at radius 2 is 1.58 bits per heavy atom. The predicted octanol–water partition coefficient (Wildman–Crippen LogP) is 6.81. The highest BCUT2D eigenvalue weighted by atomic mass is 16.5. The fraction of sp³-hybridized carbons (Fsp3) is 0.704. The molecule has 0 aromatic heterocycles. The summed E-state index contributed by atoms with van der Waals surface area (Å²) < 4.78 is 5.32. The maximum Gasteiger partial charge on any atom is 0.305 e. The molecule has 0 aliphatic heterocycles. The number of hydrogen-bond donors (Lipinski definition) is 1. The number of fused-ring (bicyclic) bond motifs is 1. The van der Waals surface area contributed by atoms with E-state index in [0.717, 1.165) is 32.1 Å². The molecule has 1 aromatic carbocycles. The number of hydrogen-bond acceptors (Lipinski definition) is 3. The molecular weight excluding hydrogens is 386 g/mol. The highest BCUT2D eigenvalue weighted by molar-refractivity contribution is 5.77. The van der Waals surface area contributed by atoms with E-state index in [0.29, 0.717) is 25.9 Å². The third-order valence-electron chi connectivity index (χ3n) is 6.25. The third-order valence-corrected chi connectivity index (χ3v) is 6.25. The average molecular weight is 430 g/mol. The van der Waals surface area contributed by atoms with Crippen molar-refractivity contribution in [3.8, 4) is 0 Å². The molecule has 1 aliphatic rings. The smallest absolute Gasteiger partial charge is 0.305 e. The Bertz CT molecular complexity index is 643. The summed E-state index contributed by atoms with van der Waals surface area (Å²) in [7, 11) is 0. The Morgan fingerprint density at radius 1 is 0.903 bits per heavy atom. The largest absolute Gasteiger partial charge is 0.466 e. The molecular formula is C27H43NO3. The number of ether oxygens (including phenoxy) is 1. The van der Waals surface area contributed by atoms with Gasteiger partial charge in [0.25, 0.3) is 0 Å². The zero-order valence-corrected chi connectivity index (χ0v) is 19.6. The van der Waals surface area contributed by atoms with Gasteiger partial charge in [-0.25, -0.2) is 0 Å². The second kappa shape index (κ2) is 15.9. The van der Waals surface area contributed by atoms with Crippen LogP contribution in [0.4, 0.5) is 0 Å². The number of benzene rings is 1. The van der Waals surface area contributed by atoms with E-state index in [-0.39, 0.29) is 17.9 Å². The Labute approximate surface area is 189 Å². The van der Waals surface area contributed by atoms with Gasteiger partial charge >= 0.3 is 5.97 Å². The minimum atomic E-state index is -0.174. The van der Waals surface area contributed by atoms with Gasteiger partial charge < -0.3 is 10.1 Å². The zero-order chi connectivity index (χ0) is 22.2. The van der Waals surface area contributed by atoms with Crippen LogP contribution < -0.4 is 5.32 Å². The quantitative estimate of drug-likeness (QED) is 0.232. The fourth-order valence-electron chi connectivity index (χ4n) is 4.41. The lowest BCUT2D eigenvalue weighted by molar-refractivity contribution is -0.143. The molecule has 31 heavy (non-hydrogen) atoms. The van der Waals surface area contributed by atoms with Crippen molar-refractivity contribution in [3.05, 3.63) is 35.4 Å². The van der Waals surface area contributed by atoms with Gasteiger partial charge in [0.1, 0.15) is 0 Å². The average Bonchev–Trinajstić information content (AvgIpc) is 2.78. The number of unbranched alkanes of at least 4 members (excludes halogenated alkanes) is 9. The molecule has 1 aromatic rings. The first-order valence-electron chi connectivity index (χ1n) is 12.7. The van der Waals surface area contributed by atoms with Gasteiger partial charge in [-0.3, -0.25) is 9.59 Å². The standard InChI is InChI=1S/C27H43NO3/c1-2-3-4-5-6-7-8-9-10-13-22-31-27(30)21-15-20-26(29)28-25-19-14-17-23-16-11-12-18-24(23)25/h11-12,16,18,25H,2-10,13-15,17,19-22H2,1H3,(H,28,29). The van der Waals surface area contributed by atoms with Crippen LogP contribution in [0.2, 0.25) is 0 Å². The number of esters is 1. The Balaban J connectivity index is 1.44. The second-order valence-electron chi connectivity index (χ2n) is 8.97. The van der Waals surface area contributed by atoms with Crippen molar-refractivity contribution in [2.24, 2.45) is 0 Å². The first-order valence-corrected chi connectivity index (χ1v) is 12.7. The van der Waals surface area contributed by atoms with Crippen molar-refractivity contribution < 1.29 is 14.3 Å². The summed E-state index contributed by atoms with van der Waals surface area (Å²) in [5.41, 5.74) is 2.59. The molecule has 0 bridgehead atoms. The number of amides is 1. The van der Waals surface area contributed by atoms with E-state index in [1.807, 2.05) is 6.07 Å². The van der Waals surface area contributed by atoms with E-state index in [9.17, 15) is 9.59 Å². The van der Waals surface area contributed by atoms with E-state index in [4.69, 9.17) is 4.74 Å². The maximum absolute atomic E-state index is 12.3. The summed E-state index contributed by atoms with van der Waals surface area (Å²) in [6, 6.07) is 8.47. The Hall–Kier alpha value is -1.84. The lowest BCUT2D eigenvalue weighted by Crippen LogP contribution is -2.30. The van der Waals surface area contributed by atoms with Gasteiger partial charge in [-0.05, 0) is 43.2 Å². The fourth-order valence-corrected chi connectivity index (χ4v) is 4.41. The van der Waals surface area contributed by atoms with Gasteiger partial charge in [-0.2, -0.15) is 0 Å². The molecule has 1 aliphatic carbocycles. The summed E-state index contributed by atoms with van der Waals surface area (Å²) in [4.78, 5) is 24.2. The van der Waals surface area contributed by atoms with Crippen LogP contribution in [0, 0.1) is 0 Å². The molecule has 0 radical (unpaired) electrons. The summed E-state index contributed by atoms with van der Waals surface area (Å²) in [6.07, 6.45) is 17.2. The molecule has 0 spiro atoms. The van der Waals surface area contributed by atoms with Crippen LogP contribution >= 0.6 is 0 Å². The molecule has 0 saturated carbocycles. The van der Waals surface area contributed by atoms with Crippen LogP contribution in [0.5, 0.6) is 0 Å². The minimum absolute atomic E-state index is 0.0317. The number of rotatable bonds is 16. The van der Waals surface area contributed by atoms with Crippen molar-refractivity contribution in [1.82, 2.24) is 5.32 Å². The Kier molecular flexibility index (Phi) is 13.0. The SMILES string of the molecule is CCCCCCCCCCCCOC(=O)CCCC(=O)NC1CCCc2ccccc21. The molecule has 4 heteroatoms. The second-order valence-corrected chi connectivity index (χ2v) is 8.97. The monoisotopic (exact) mass is 429 g/mol. The lowest BCUT2D eigenvalue weighted by Gasteiger charge is -2.26. The first kappa shape index (κ1) is 25.4. The number of aryl methyl sites for hydroxylation is 1. The van der Waals surface area contributed by atoms with Crippen LogP contribution in [0.1, 0.15) is 120 Å². The summed E-state index contributed by atoms with van der Waals surface area (Å²) >= 11 is 0. The molecule has 1 amide bonds. The number of carbonyl (C=O) groups is 2. The first-order chi connectivity index (χ1) is 15.2. The van der Waals surface area contributed by atoms with Gasteiger partial charge in [-0.1, -0.05) is 89.0 Å². The molecule has 0 fully saturated rings. The summed E-state index contributed by atoms with van der Waals surface area (Å²) in [5.74, 6) is -0.143. The maximum atomic E-state index is 12.3. The molecule has 4 nitrogen and oxygen atoms in total. The third kappa shape index (κ3) is 10.8. The van der Waals surface area contributed by atoms with Gasteiger partial charge in [0.2, 0.25) is 5.91 Å². The van der Waals surface area contributed by atoms with Gasteiger partial charge in [0.15, 0.2) is 0 Å². The van der Waals surface area contributed by atoms with Crippen molar-refractivity contribution in [2.45, 2.75) is 116 Å². The van der Waals surface area contributed by atoms with Crippen molar-refractivity contribution in [1.29, 1.82) is 0 Å². The zero-order valence-electron chi connectivity index (χ0n) is 19.6. The van der Waals surface area contributed by atoms with Crippen LogP contribution in [0.15, 0.2) is 24.3 Å². The summed E-state index contributed by atoms with van der Waals surface area (Å²) in [6.45, 7) is 2.77. The van der Waals surface area contributed by atoms with Crippen molar-refractivity contribution in [3.63, 3.8) is 0 Å². The van der Waals surface area contributed by atoms with E-state index >= 15 is 0 Å². The predicted molar refractivity (Wildman–Crippen MR) is 127 cm³/mol. The molecule has 0 saturated heterocycles. The van der Waals surface area contributed by atoms with Crippen LogP contribution in [-0.2, 0) is 20.7 Å². The lowest BCUT2D eigenvalue weighted by atomic mass is 9.87. The van der Waals surface area contributed by atoms with Crippen molar-refractivity contribution in [2.75, 3.05) is 6.61 Å². The van der Waals surface area contributed by atoms with Crippen LogP contribution in [0.25, 0.3) is 0 Å². The summed E-state index contributed by atoms with van der Waals surface area (Å²) in [5, 5.41) is 3.15. The topological polar surface area (TPSA) is 55.4 Å². The van der Waals surface area contributed by atoms with E-state index in [1.54, 1.807) is 0 Å². The normalized spacial score (nSPS) is 15.3. The van der Waals surface area contributed by atoms with Crippen LogP contribution in [0.3, 0.4) is 0 Å². The molecule has 174 valence electrons. The molecule has 1 unspecified atom stereocenters. The van der Waals surface area contributed by atoms with E-state index in [2.05, 4.69) is 30.4 Å². The molecule has 2 rings (SSSR count). The van der Waals surface area contributed by atoms with Crippen molar-refractivity contribution >= 4 is 11.9 Å². The van der Waals surface area contributed by atoms with Crippen LogP contribution in [-0.4, -0.2) is 18.5 Å². The number of carbonyl (C=O) groups excluding carboxylic acids is 2. The van der Waals surface area contributed by atoms with Gasteiger partial charge in [-0.15, -0.1) is 0 Å². The molecule has 1 N–H and O–H groups in total. The molecule has 0 heterocycles. The van der Waals surface area contributed by atoms with Gasteiger partial charge in [0, 0.05) is 12.8 Å². The van der Waals surface area contributed by atoms with Gasteiger partial charge in [0.05, 0.1) is 12.6 Å². The Morgan fingerprint density at radius 3 is 2.32 bits per heavy atom. The van der Waals surface area contributed by atoms with E-state index in [1.165, 1.54) is 62.5 Å². The number of nitrogens with one attached hydrogen (secondary N) is 1. The minimum Gasteiger partial charge on any atom is -0.466 e. The highest BCUT2D eigenvalue weighted by Crippen LogP contribution is 2.29. The van der Waals surface area contributed by atoms with E-state index < -0.39 is 0 Å². The molecule has 1 atom stereocenters.